The molecule has 0 fully saturated rings. The van der Waals surface area contributed by atoms with Crippen LogP contribution in [0, 0.1) is 12.7 Å². The molecule has 5 heteroatoms. The molecule has 1 aromatic heterocycles. The molecule has 1 N–H and O–H groups in total. The van der Waals surface area contributed by atoms with E-state index in [0.29, 0.717) is 17.8 Å². The largest absolute Gasteiger partial charge is 0.382 e. The van der Waals surface area contributed by atoms with Gasteiger partial charge >= 0.3 is 0 Å². The Bertz CT molecular complexity index is 563. The van der Waals surface area contributed by atoms with Gasteiger partial charge in [-0.3, -0.25) is 4.68 Å². The molecule has 0 saturated heterocycles. The molecule has 1 atom stereocenters. The molecule has 0 amide bonds. The average Bonchev–Trinajstić information content (AvgIpc) is 2.69. The minimum absolute atomic E-state index is 0.341. The van der Waals surface area contributed by atoms with E-state index in [0.717, 1.165) is 16.5 Å². The van der Waals surface area contributed by atoms with Crippen molar-refractivity contribution >= 4 is 15.9 Å². The second-order valence-electron chi connectivity index (χ2n) is 4.57. The van der Waals surface area contributed by atoms with Gasteiger partial charge in [0, 0.05) is 6.54 Å². The van der Waals surface area contributed by atoms with Crippen LogP contribution >= 0.6 is 15.9 Å². The molecule has 2 rings (SSSR count). The lowest BCUT2D eigenvalue weighted by Crippen LogP contribution is -2.11. The molecule has 0 aliphatic heterocycles. The maximum atomic E-state index is 13.4. The molecular formula is C14H16BrFN2O. The van der Waals surface area contributed by atoms with E-state index < -0.39 is 6.10 Å². The van der Waals surface area contributed by atoms with Gasteiger partial charge in [-0.2, -0.15) is 5.10 Å². The van der Waals surface area contributed by atoms with Crippen molar-refractivity contribution in [3.63, 3.8) is 0 Å². The summed E-state index contributed by atoms with van der Waals surface area (Å²) < 4.78 is 15.9. The summed E-state index contributed by atoms with van der Waals surface area (Å²) >= 11 is 3.38. The average molecular weight is 327 g/mol. The van der Waals surface area contributed by atoms with E-state index >= 15 is 0 Å². The van der Waals surface area contributed by atoms with Crippen molar-refractivity contribution in [1.82, 2.24) is 9.78 Å². The Labute approximate surface area is 120 Å². The molecule has 0 radical (unpaired) electrons. The predicted molar refractivity (Wildman–Crippen MR) is 75.4 cm³/mol. The Kier molecular flexibility index (Phi) is 4.37. The molecule has 3 nitrogen and oxygen atoms in total. The molecule has 1 unspecified atom stereocenters. The Hall–Kier alpha value is -1.20. The first-order chi connectivity index (χ1) is 9.02. The number of benzene rings is 1. The van der Waals surface area contributed by atoms with Gasteiger partial charge in [-0.1, -0.05) is 13.0 Å². The van der Waals surface area contributed by atoms with E-state index in [-0.39, 0.29) is 5.82 Å². The van der Waals surface area contributed by atoms with E-state index in [1.54, 1.807) is 23.9 Å². The quantitative estimate of drug-likeness (QED) is 0.932. The first kappa shape index (κ1) is 14.2. The third kappa shape index (κ3) is 3.04. The summed E-state index contributed by atoms with van der Waals surface area (Å²) in [6.07, 6.45) is 1.67. The van der Waals surface area contributed by atoms with Crippen LogP contribution in [0.3, 0.4) is 0 Å². The smallest absolute Gasteiger partial charge is 0.123 e. The molecule has 0 bridgehead atoms. The topological polar surface area (TPSA) is 38.0 Å². The van der Waals surface area contributed by atoms with Crippen molar-refractivity contribution in [2.45, 2.75) is 32.9 Å². The van der Waals surface area contributed by atoms with Crippen molar-refractivity contribution in [3.8, 4) is 0 Å². The summed E-state index contributed by atoms with van der Waals surface area (Å²) in [5, 5.41) is 14.7. The Balaban J connectivity index is 2.43. The van der Waals surface area contributed by atoms with Gasteiger partial charge in [0.15, 0.2) is 0 Å². The molecule has 1 heterocycles. The van der Waals surface area contributed by atoms with Crippen LogP contribution < -0.4 is 0 Å². The van der Waals surface area contributed by atoms with E-state index in [4.69, 9.17) is 0 Å². The van der Waals surface area contributed by atoms with Crippen LogP contribution in [0.2, 0.25) is 0 Å². The van der Waals surface area contributed by atoms with E-state index in [1.807, 2.05) is 6.92 Å². The van der Waals surface area contributed by atoms with Gasteiger partial charge in [0.1, 0.15) is 11.9 Å². The van der Waals surface area contributed by atoms with Crippen molar-refractivity contribution < 1.29 is 9.50 Å². The zero-order chi connectivity index (χ0) is 14.0. The predicted octanol–water partition coefficient (Wildman–Crippen LogP) is 3.58. The number of halogens is 2. The van der Waals surface area contributed by atoms with Crippen molar-refractivity contribution in [2.24, 2.45) is 0 Å². The Morgan fingerprint density at radius 2 is 2.16 bits per heavy atom. The molecule has 1 aromatic carbocycles. The highest BCUT2D eigenvalue weighted by atomic mass is 79.9. The second kappa shape index (κ2) is 5.84. The number of aryl methyl sites for hydroxylation is 2. The monoisotopic (exact) mass is 326 g/mol. The number of rotatable bonds is 4. The minimum atomic E-state index is -0.891. The number of hydrogen-bond acceptors (Lipinski definition) is 2. The van der Waals surface area contributed by atoms with Crippen LogP contribution in [-0.4, -0.2) is 14.9 Å². The van der Waals surface area contributed by atoms with E-state index in [1.165, 1.54) is 12.1 Å². The SMILES string of the molecule is CCCn1ncc(Br)c1C(O)c1cc(C)cc(F)c1. The van der Waals surface area contributed by atoms with Gasteiger partial charge in [-0.05, 0) is 52.5 Å². The number of nitrogens with zero attached hydrogens (tertiary/aromatic N) is 2. The third-order valence-electron chi connectivity index (χ3n) is 2.91. The van der Waals surface area contributed by atoms with Crippen molar-refractivity contribution in [2.75, 3.05) is 0 Å². The molecule has 0 aliphatic carbocycles. The number of hydrogen-bond donors (Lipinski definition) is 1. The normalized spacial score (nSPS) is 12.7. The van der Waals surface area contributed by atoms with Gasteiger partial charge in [0.2, 0.25) is 0 Å². The molecule has 2 aromatic rings. The summed E-state index contributed by atoms with van der Waals surface area (Å²) in [5.41, 5.74) is 1.98. The maximum absolute atomic E-state index is 13.4. The highest BCUT2D eigenvalue weighted by Gasteiger charge is 2.20. The van der Waals surface area contributed by atoms with Crippen LogP contribution in [0.4, 0.5) is 4.39 Å². The van der Waals surface area contributed by atoms with E-state index in [2.05, 4.69) is 21.0 Å². The third-order valence-corrected chi connectivity index (χ3v) is 3.52. The minimum Gasteiger partial charge on any atom is -0.382 e. The number of aliphatic hydroxyl groups is 1. The Morgan fingerprint density at radius 1 is 1.42 bits per heavy atom. The van der Waals surface area contributed by atoms with Crippen LogP contribution in [0.5, 0.6) is 0 Å². The van der Waals surface area contributed by atoms with Gasteiger partial charge in [-0.25, -0.2) is 4.39 Å². The fourth-order valence-electron chi connectivity index (χ4n) is 2.11. The molecular weight excluding hydrogens is 311 g/mol. The van der Waals surface area contributed by atoms with Crippen LogP contribution in [0.1, 0.15) is 36.3 Å². The molecule has 0 aliphatic rings. The summed E-state index contributed by atoms with van der Waals surface area (Å²) in [6, 6.07) is 4.57. The number of aromatic nitrogens is 2. The lowest BCUT2D eigenvalue weighted by molar-refractivity contribution is 0.206. The summed E-state index contributed by atoms with van der Waals surface area (Å²) in [5.74, 6) is -0.341. The van der Waals surface area contributed by atoms with Crippen molar-refractivity contribution in [3.05, 3.63) is 51.5 Å². The zero-order valence-corrected chi connectivity index (χ0v) is 12.5. The fourth-order valence-corrected chi connectivity index (χ4v) is 2.63. The van der Waals surface area contributed by atoms with E-state index in [9.17, 15) is 9.50 Å². The lowest BCUT2D eigenvalue weighted by atomic mass is 10.0. The first-order valence-electron chi connectivity index (χ1n) is 6.19. The standard InChI is InChI=1S/C14H16BrFN2O/c1-3-4-18-13(12(15)8-17-18)14(19)10-5-9(2)6-11(16)7-10/h5-8,14,19H,3-4H2,1-2H3. The van der Waals surface area contributed by atoms with Gasteiger partial charge in [0.05, 0.1) is 16.4 Å². The highest BCUT2D eigenvalue weighted by molar-refractivity contribution is 9.10. The zero-order valence-electron chi connectivity index (χ0n) is 10.9. The number of aliphatic hydroxyl groups excluding tert-OH is 1. The van der Waals surface area contributed by atoms with Crippen LogP contribution in [-0.2, 0) is 6.54 Å². The molecule has 0 saturated carbocycles. The molecule has 0 spiro atoms. The molecule has 19 heavy (non-hydrogen) atoms. The van der Waals surface area contributed by atoms with Crippen LogP contribution in [0.15, 0.2) is 28.9 Å². The summed E-state index contributed by atoms with van der Waals surface area (Å²) in [6.45, 7) is 4.56. The Morgan fingerprint density at radius 3 is 2.79 bits per heavy atom. The van der Waals surface area contributed by atoms with Crippen molar-refractivity contribution in [1.29, 1.82) is 0 Å². The highest BCUT2D eigenvalue weighted by Crippen LogP contribution is 2.29. The molecule has 102 valence electrons. The van der Waals surface area contributed by atoms with Gasteiger partial charge in [0.25, 0.3) is 0 Å². The van der Waals surface area contributed by atoms with Crippen LogP contribution in [0.25, 0.3) is 0 Å². The maximum Gasteiger partial charge on any atom is 0.123 e. The van der Waals surface area contributed by atoms with Gasteiger partial charge in [-0.15, -0.1) is 0 Å². The lowest BCUT2D eigenvalue weighted by Gasteiger charge is -2.15. The second-order valence-corrected chi connectivity index (χ2v) is 5.42. The fraction of sp³-hybridized carbons (Fsp3) is 0.357. The van der Waals surface area contributed by atoms with Gasteiger partial charge < -0.3 is 5.11 Å². The summed E-state index contributed by atoms with van der Waals surface area (Å²) in [7, 11) is 0. The summed E-state index contributed by atoms with van der Waals surface area (Å²) in [4.78, 5) is 0. The first-order valence-corrected chi connectivity index (χ1v) is 6.98.